The molecule has 0 aliphatic rings. The summed E-state index contributed by atoms with van der Waals surface area (Å²) in [6.07, 6.45) is 4.53. The van der Waals surface area contributed by atoms with Crippen molar-refractivity contribution in [3.05, 3.63) is 113 Å². The van der Waals surface area contributed by atoms with E-state index in [0.29, 0.717) is 22.5 Å². The van der Waals surface area contributed by atoms with E-state index in [1.807, 2.05) is 0 Å². The molecule has 5 aromatic heterocycles. The Balaban J connectivity index is 1.39. The molecule has 218 valence electrons. The Bertz CT molecular complexity index is 1910. The van der Waals surface area contributed by atoms with E-state index in [1.54, 1.807) is 24.4 Å². The minimum Gasteiger partial charge on any atom is -0.267 e. The zero-order chi connectivity index (χ0) is 30.3. The Morgan fingerprint density at radius 2 is 1.74 bits per heavy atom. The lowest BCUT2D eigenvalue weighted by molar-refractivity contribution is -0.659. The standard InChI is InChI=1S/C27H16Cl2F5N9/c28-19-2-4-21(43-14-24(29)39-40-43)25(26(19)31)16-1-3-20(36-8-16)22(13-41-12-18(30)10-37-41)42-11-17(9-38-42)15-5-6-35-23(7-15)27(32,33)34/h1-12,14,22H,13H2/p+1/t22-/m1/s1. The summed E-state index contributed by atoms with van der Waals surface area (Å²) in [6.45, 7) is 0.0702. The summed E-state index contributed by atoms with van der Waals surface area (Å²) < 4.78 is 73.0. The smallest absolute Gasteiger partial charge is 0.267 e. The highest BCUT2D eigenvalue weighted by Crippen LogP contribution is 2.33. The SMILES string of the molecule is Fc1cnn(C[C@H](c2ccc(-c3c(-[n+]4cc(Cl)n[nH]4)ccc(Cl)c3F)cn2)n2cc(-c3ccnc(C(F)(F)F)c3)cn2)c1. The van der Waals surface area contributed by atoms with Crippen LogP contribution in [0.3, 0.4) is 0 Å². The Morgan fingerprint density at radius 1 is 0.907 bits per heavy atom. The maximum atomic E-state index is 15.3. The summed E-state index contributed by atoms with van der Waals surface area (Å²) in [7, 11) is 0. The van der Waals surface area contributed by atoms with E-state index in [9.17, 15) is 17.6 Å². The first-order chi connectivity index (χ1) is 20.6. The van der Waals surface area contributed by atoms with Gasteiger partial charge in [0.1, 0.15) is 11.7 Å². The highest BCUT2D eigenvalue weighted by molar-refractivity contribution is 6.31. The van der Waals surface area contributed by atoms with Gasteiger partial charge in [-0.05, 0) is 47.5 Å². The van der Waals surface area contributed by atoms with Crippen molar-refractivity contribution >= 4 is 23.2 Å². The molecule has 0 fully saturated rings. The van der Waals surface area contributed by atoms with Gasteiger partial charge in [-0.15, -0.1) is 4.68 Å². The predicted octanol–water partition coefficient (Wildman–Crippen LogP) is 6.10. The first kappa shape index (κ1) is 28.4. The third-order valence-electron chi connectivity index (χ3n) is 6.52. The van der Waals surface area contributed by atoms with E-state index in [4.69, 9.17) is 23.2 Å². The molecule has 0 unspecified atom stereocenters. The van der Waals surface area contributed by atoms with Gasteiger partial charge >= 0.3 is 11.3 Å². The molecule has 0 radical (unpaired) electrons. The van der Waals surface area contributed by atoms with Gasteiger partial charge in [-0.3, -0.25) is 19.3 Å². The molecule has 1 atom stereocenters. The van der Waals surface area contributed by atoms with E-state index in [1.165, 1.54) is 51.0 Å². The monoisotopic (exact) mass is 632 g/mol. The Hall–Kier alpha value is -4.69. The van der Waals surface area contributed by atoms with Gasteiger partial charge in [-0.1, -0.05) is 22.9 Å². The minimum atomic E-state index is -4.62. The van der Waals surface area contributed by atoms with Crippen molar-refractivity contribution < 1.29 is 26.6 Å². The number of pyridine rings is 2. The number of hydrogen-bond acceptors (Lipinski definition) is 5. The van der Waals surface area contributed by atoms with Crippen LogP contribution in [0.5, 0.6) is 0 Å². The zero-order valence-electron chi connectivity index (χ0n) is 21.5. The van der Waals surface area contributed by atoms with Crippen LogP contribution in [0.1, 0.15) is 17.4 Å². The summed E-state index contributed by atoms with van der Waals surface area (Å²) in [5.74, 6) is -1.25. The lowest BCUT2D eigenvalue weighted by Gasteiger charge is -2.18. The van der Waals surface area contributed by atoms with Crippen LogP contribution in [0.15, 0.2) is 79.8 Å². The molecule has 0 bridgehead atoms. The molecule has 1 N–H and O–H groups in total. The summed E-state index contributed by atoms with van der Waals surface area (Å²) in [5, 5.41) is 14.9. The van der Waals surface area contributed by atoms with Crippen LogP contribution in [-0.2, 0) is 12.7 Å². The molecule has 6 rings (SSSR count). The van der Waals surface area contributed by atoms with Gasteiger partial charge in [0.15, 0.2) is 23.5 Å². The molecule has 43 heavy (non-hydrogen) atoms. The Kier molecular flexibility index (Phi) is 7.40. The second kappa shape index (κ2) is 11.2. The van der Waals surface area contributed by atoms with Gasteiger partial charge in [0.2, 0.25) is 0 Å². The molecule has 9 nitrogen and oxygen atoms in total. The molecule has 1 aromatic carbocycles. The number of alkyl halides is 3. The van der Waals surface area contributed by atoms with Crippen LogP contribution in [0.25, 0.3) is 27.9 Å². The molecule has 0 saturated carbocycles. The zero-order valence-corrected chi connectivity index (χ0v) is 23.0. The van der Waals surface area contributed by atoms with Gasteiger partial charge in [0, 0.05) is 29.7 Å². The third kappa shape index (κ3) is 5.83. The number of nitrogens with one attached hydrogen (secondary N) is 1. The highest BCUT2D eigenvalue weighted by Gasteiger charge is 2.32. The van der Waals surface area contributed by atoms with Crippen LogP contribution in [-0.4, -0.2) is 39.8 Å². The van der Waals surface area contributed by atoms with Crippen LogP contribution in [0, 0.1) is 11.6 Å². The summed E-state index contributed by atoms with van der Waals surface area (Å²) in [4.78, 5) is 7.95. The first-order valence-electron chi connectivity index (χ1n) is 12.4. The minimum absolute atomic E-state index is 0.0702. The normalized spacial score (nSPS) is 12.5. The van der Waals surface area contributed by atoms with Gasteiger partial charge in [0.05, 0.1) is 46.5 Å². The molecule has 0 aliphatic carbocycles. The Labute approximate surface area is 249 Å². The van der Waals surface area contributed by atoms with Crippen molar-refractivity contribution in [2.75, 3.05) is 0 Å². The summed E-state index contributed by atoms with van der Waals surface area (Å²) in [6, 6.07) is 7.91. The highest BCUT2D eigenvalue weighted by atomic mass is 35.5. The molecule has 5 heterocycles. The molecular weight excluding hydrogens is 616 g/mol. The summed E-state index contributed by atoms with van der Waals surface area (Å²) in [5.41, 5.74) is 0.901. The van der Waals surface area contributed by atoms with Crippen molar-refractivity contribution in [2.24, 2.45) is 0 Å². The molecule has 16 heteroatoms. The fourth-order valence-corrected chi connectivity index (χ4v) is 4.80. The second-order valence-electron chi connectivity index (χ2n) is 9.29. The maximum Gasteiger partial charge on any atom is 0.433 e. The fourth-order valence-electron chi connectivity index (χ4n) is 4.51. The number of H-pyrrole nitrogens is 1. The Morgan fingerprint density at radius 3 is 2.42 bits per heavy atom. The van der Waals surface area contributed by atoms with E-state index in [2.05, 4.69) is 30.5 Å². The van der Waals surface area contributed by atoms with Crippen molar-refractivity contribution in [1.82, 2.24) is 39.8 Å². The quantitative estimate of drug-likeness (QED) is 0.170. The van der Waals surface area contributed by atoms with Gasteiger partial charge < -0.3 is 0 Å². The number of rotatable bonds is 7. The molecule has 0 spiro atoms. The molecule has 0 saturated heterocycles. The topological polar surface area (TPSA) is 94.0 Å². The van der Waals surface area contributed by atoms with Crippen LogP contribution >= 0.6 is 23.2 Å². The largest absolute Gasteiger partial charge is 0.433 e. The average molecular weight is 633 g/mol. The van der Waals surface area contributed by atoms with Crippen molar-refractivity contribution in [3.63, 3.8) is 0 Å². The van der Waals surface area contributed by atoms with Gasteiger partial charge in [-0.2, -0.15) is 23.4 Å². The number of aromatic amines is 1. The number of benzene rings is 1. The van der Waals surface area contributed by atoms with Crippen molar-refractivity contribution in [3.8, 4) is 27.9 Å². The van der Waals surface area contributed by atoms with E-state index >= 15 is 4.39 Å². The average Bonchev–Trinajstić information content (AvgIpc) is 3.74. The fraction of sp³-hybridized carbons (Fsp3) is 0.111. The molecule has 0 amide bonds. The van der Waals surface area contributed by atoms with Crippen molar-refractivity contribution in [1.29, 1.82) is 0 Å². The first-order valence-corrected chi connectivity index (χ1v) is 13.2. The number of aromatic nitrogens is 9. The van der Waals surface area contributed by atoms with E-state index in [0.717, 1.165) is 18.5 Å². The summed E-state index contributed by atoms with van der Waals surface area (Å²) >= 11 is 12.0. The number of halogens is 7. The third-order valence-corrected chi connectivity index (χ3v) is 6.99. The van der Waals surface area contributed by atoms with Crippen LogP contribution in [0.4, 0.5) is 22.0 Å². The van der Waals surface area contributed by atoms with E-state index < -0.39 is 29.5 Å². The number of hydrogen-bond donors (Lipinski definition) is 1. The predicted molar refractivity (Wildman–Crippen MR) is 144 cm³/mol. The molecular formula is C27H17Cl2F5N9+. The molecule has 6 aromatic rings. The maximum absolute atomic E-state index is 15.3. The van der Waals surface area contributed by atoms with E-state index in [-0.39, 0.29) is 27.8 Å². The van der Waals surface area contributed by atoms with Crippen molar-refractivity contribution in [2.45, 2.75) is 18.8 Å². The lowest BCUT2D eigenvalue weighted by atomic mass is 10.0. The number of nitrogens with zero attached hydrogens (tertiary/aromatic N) is 8. The van der Waals surface area contributed by atoms with Crippen LogP contribution in [0.2, 0.25) is 10.2 Å². The van der Waals surface area contributed by atoms with Gasteiger partial charge in [0.25, 0.3) is 0 Å². The molecule has 0 aliphatic heterocycles. The van der Waals surface area contributed by atoms with Crippen LogP contribution < -0.4 is 4.68 Å². The second-order valence-corrected chi connectivity index (χ2v) is 10.1. The lowest BCUT2D eigenvalue weighted by Crippen LogP contribution is -2.33. The van der Waals surface area contributed by atoms with Gasteiger partial charge in [-0.25, -0.2) is 8.78 Å².